The van der Waals surface area contributed by atoms with Crippen LogP contribution >= 0.6 is 0 Å². The van der Waals surface area contributed by atoms with Crippen LogP contribution in [-0.2, 0) is 6.54 Å². The fraction of sp³-hybridized carbons (Fsp3) is 0.200. The number of ether oxygens (including phenoxy) is 1. The van der Waals surface area contributed by atoms with Gasteiger partial charge in [-0.15, -0.1) is 0 Å². The molecule has 0 radical (unpaired) electrons. The second-order valence-corrected chi connectivity index (χ2v) is 4.44. The summed E-state index contributed by atoms with van der Waals surface area (Å²) in [5.74, 6) is 1.85. The topological polar surface area (TPSA) is 39.9 Å². The van der Waals surface area contributed by atoms with Crippen molar-refractivity contribution in [3.63, 3.8) is 0 Å². The van der Waals surface area contributed by atoms with Gasteiger partial charge in [0.1, 0.15) is 11.6 Å². The highest BCUT2D eigenvalue weighted by molar-refractivity contribution is 5.71. The minimum Gasteiger partial charge on any atom is -0.497 e. The summed E-state index contributed by atoms with van der Waals surface area (Å²) in [6.45, 7) is 2.79. The average Bonchev–Trinajstić information content (AvgIpc) is 2.76. The first kappa shape index (κ1) is 11.7. The lowest BCUT2D eigenvalue weighted by atomic mass is 10.2. The van der Waals surface area contributed by atoms with Gasteiger partial charge in [0, 0.05) is 12.7 Å². The number of fused-ring (bicyclic) bond motifs is 1. The molecule has 0 amide bonds. The van der Waals surface area contributed by atoms with Crippen molar-refractivity contribution in [1.82, 2.24) is 14.5 Å². The zero-order valence-corrected chi connectivity index (χ0v) is 11.0. The lowest BCUT2D eigenvalue weighted by molar-refractivity contribution is 0.414. The van der Waals surface area contributed by atoms with Gasteiger partial charge in [-0.05, 0) is 36.8 Å². The van der Waals surface area contributed by atoms with Crippen LogP contribution < -0.4 is 4.74 Å². The normalized spacial score (nSPS) is 10.8. The number of hydrogen-bond acceptors (Lipinski definition) is 3. The van der Waals surface area contributed by atoms with E-state index in [1.807, 2.05) is 31.2 Å². The number of rotatable bonds is 3. The Balaban J connectivity index is 1.98. The van der Waals surface area contributed by atoms with Crippen molar-refractivity contribution in [2.24, 2.45) is 0 Å². The molecule has 0 fully saturated rings. The number of benzene rings is 1. The van der Waals surface area contributed by atoms with Crippen LogP contribution in [0.4, 0.5) is 0 Å². The van der Waals surface area contributed by atoms with E-state index in [0.717, 1.165) is 29.3 Å². The van der Waals surface area contributed by atoms with Crippen molar-refractivity contribution >= 4 is 11.2 Å². The third kappa shape index (κ3) is 2.17. The van der Waals surface area contributed by atoms with E-state index < -0.39 is 0 Å². The molecule has 0 aliphatic carbocycles. The van der Waals surface area contributed by atoms with E-state index in [-0.39, 0.29) is 0 Å². The van der Waals surface area contributed by atoms with E-state index in [1.54, 1.807) is 13.3 Å². The Hall–Kier alpha value is -2.36. The van der Waals surface area contributed by atoms with Crippen LogP contribution in [0.2, 0.25) is 0 Å². The van der Waals surface area contributed by atoms with Crippen molar-refractivity contribution in [2.75, 3.05) is 7.11 Å². The molecule has 3 rings (SSSR count). The van der Waals surface area contributed by atoms with E-state index >= 15 is 0 Å². The van der Waals surface area contributed by atoms with Gasteiger partial charge in [-0.2, -0.15) is 0 Å². The Bertz CT molecular complexity index is 701. The molecule has 0 saturated carbocycles. The van der Waals surface area contributed by atoms with Crippen LogP contribution in [0.3, 0.4) is 0 Å². The molecular weight excluding hydrogens is 238 g/mol. The first-order valence-electron chi connectivity index (χ1n) is 6.19. The largest absolute Gasteiger partial charge is 0.497 e. The summed E-state index contributed by atoms with van der Waals surface area (Å²) in [7, 11) is 1.67. The summed E-state index contributed by atoms with van der Waals surface area (Å²) in [5, 5.41) is 0. The van der Waals surface area contributed by atoms with Crippen molar-refractivity contribution in [1.29, 1.82) is 0 Å². The van der Waals surface area contributed by atoms with Gasteiger partial charge in [0.2, 0.25) is 0 Å². The van der Waals surface area contributed by atoms with Gasteiger partial charge in [0.05, 0.1) is 12.6 Å². The molecule has 2 heterocycles. The molecule has 0 unspecified atom stereocenters. The summed E-state index contributed by atoms with van der Waals surface area (Å²) >= 11 is 0. The number of nitrogens with zero attached hydrogens (tertiary/aromatic N) is 3. The number of aromatic nitrogens is 3. The van der Waals surface area contributed by atoms with Gasteiger partial charge < -0.3 is 9.30 Å². The molecule has 0 aliphatic rings. The molecule has 3 aromatic rings. The quantitative estimate of drug-likeness (QED) is 0.720. The van der Waals surface area contributed by atoms with Crippen molar-refractivity contribution < 1.29 is 4.74 Å². The zero-order chi connectivity index (χ0) is 13.2. The molecular formula is C15H15N3O. The second-order valence-electron chi connectivity index (χ2n) is 4.44. The molecule has 0 saturated heterocycles. The van der Waals surface area contributed by atoms with Crippen LogP contribution in [0.25, 0.3) is 11.2 Å². The fourth-order valence-electron chi connectivity index (χ4n) is 2.19. The highest BCUT2D eigenvalue weighted by Gasteiger charge is 2.07. The zero-order valence-electron chi connectivity index (χ0n) is 11.0. The monoisotopic (exact) mass is 253 g/mol. The maximum atomic E-state index is 5.17. The van der Waals surface area contributed by atoms with Crippen molar-refractivity contribution in [3.05, 3.63) is 54.0 Å². The lowest BCUT2D eigenvalue weighted by Crippen LogP contribution is -2.01. The van der Waals surface area contributed by atoms with Gasteiger partial charge in [-0.3, -0.25) is 0 Å². The van der Waals surface area contributed by atoms with Crippen molar-refractivity contribution in [3.8, 4) is 5.75 Å². The highest BCUT2D eigenvalue weighted by atomic mass is 16.5. The minimum absolute atomic E-state index is 0.790. The lowest BCUT2D eigenvalue weighted by Gasteiger charge is -2.07. The fourth-order valence-corrected chi connectivity index (χ4v) is 2.19. The Kier molecular flexibility index (Phi) is 2.91. The molecule has 96 valence electrons. The molecule has 0 bridgehead atoms. The number of methoxy groups -OCH3 is 1. The second kappa shape index (κ2) is 4.72. The van der Waals surface area contributed by atoms with Crippen LogP contribution in [-0.4, -0.2) is 21.6 Å². The van der Waals surface area contributed by atoms with Crippen LogP contribution in [0.1, 0.15) is 11.4 Å². The third-order valence-electron chi connectivity index (χ3n) is 3.21. The first-order chi connectivity index (χ1) is 9.28. The average molecular weight is 253 g/mol. The molecule has 0 aliphatic heterocycles. The summed E-state index contributed by atoms with van der Waals surface area (Å²) in [4.78, 5) is 8.75. The summed E-state index contributed by atoms with van der Waals surface area (Å²) in [6, 6.07) is 12.1. The van der Waals surface area contributed by atoms with E-state index in [9.17, 15) is 0 Å². The Morgan fingerprint density at radius 3 is 2.68 bits per heavy atom. The minimum atomic E-state index is 0.790. The van der Waals surface area contributed by atoms with Gasteiger partial charge in [-0.1, -0.05) is 12.1 Å². The van der Waals surface area contributed by atoms with E-state index in [1.165, 1.54) is 5.56 Å². The standard InChI is InChI=1S/C15H15N3O/c1-11-17-15-14(4-3-9-16-15)18(11)10-12-5-7-13(19-2)8-6-12/h3-9H,10H2,1-2H3. The Labute approximate surface area is 111 Å². The highest BCUT2D eigenvalue weighted by Crippen LogP contribution is 2.17. The number of aryl methyl sites for hydroxylation is 1. The molecule has 4 heteroatoms. The summed E-state index contributed by atoms with van der Waals surface area (Å²) < 4.78 is 7.34. The van der Waals surface area contributed by atoms with Crippen LogP contribution in [0.5, 0.6) is 5.75 Å². The van der Waals surface area contributed by atoms with Crippen molar-refractivity contribution in [2.45, 2.75) is 13.5 Å². The Morgan fingerprint density at radius 2 is 1.95 bits per heavy atom. The van der Waals surface area contributed by atoms with E-state index in [2.05, 4.69) is 26.7 Å². The molecule has 0 spiro atoms. The van der Waals surface area contributed by atoms with Gasteiger partial charge in [0.25, 0.3) is 0 Å². The summed E-state index contributed by atoms with van der Waals surface area (Å²) in [6.07, 6.45) is 1.77. The molecule has 19 heavy (non-hydrogen) atoms. The number of imidazole rings is 1. The van der Waals surface area contributed by atoms with E-state index in [4.69, 9.17) is 4.74 Å². The first-order valence-corrected chi connectivity index (χ1v) is 6.19. The maximum Gasteiger partial charge on any atom is 0.177 e. The van der Waals surface area contributed by atoms with Gasteiger partial charge in [-0.25, -0.2) is 9.97 Å². The van der Waals surface area contributed by atoms with Crippen LogP contribution in [0.15, 0.2) is 42.6 Å². The Morgan fingerprint density at radius 1 is 1.16 bits per heavy atom. The molecule has 4 nitrogen and oxygen atoms in total. The number of hydrogen-bond donors (Lipinski definition) is 0. The molecule has 2 aromatic heterocycles. The predicted molar refractivity (Wildman–Crippen MR) is 74.4 cm³/mol. The van der Waals surface area contributed by atoms with E-state index in [0.29, 0.717) is 0 Å². The number of pyridine rings is 1. The smallest absolute Gasteiger partial charge is 0.177 e. The molecule has 0 atom stereocenters. The molecule has 0 N–H and O–H groups in total. The SMILES string of the molecule is COc1ccc(Cn2c(C)nc3ncccc32)cc1. The van der Waals surface area contributed by atoms with Gasteiger partial charge >= 0.3 is 0 Å². The third-order valence-corrected chi connectivity index (χ3v) is 3.21. The summed E-state index contributed by atoms with van der Waals surface area (Å²) in [5.41, 5.74) is 3.08. The van der Waals surface area contributed by atoms with Crippen LogP contribution in [0, 0.1) is 6.92 Å². The van der Waals surface area contributed by atoms with Gasteiger partial charge in [0.15, 0.2) is 5.65 Å². The predicted octanol–water partition coefficient (Wildman–Crippen LogP) is 2.80. The maximum absolute atomic E-state index is 5.17. The molecule has 1 aromatic carbocycles.